The van der Waals surface area contributed by atoms with Gasteiger partial charge >= 0.3 is 6.18 Å². The van der Waals surface area contributed by atoms with E-state index in [0.29, 0.717) is 137 Å². The van der Waals surface area contributed by atoms with Crippen LogP contribution in [0.2, 0.25) is 0 Å². The lowest BCUT2D eigenvalue weighted by atomic mass is 9.95. The molecule has 3 aliphatic rings. The third-order valence-electron chi connectivity index (χ3n) is 17.2. The summed E-state index contributed by atoms with van der Waals surface area (Å²) in [4.78, 5) is 99.7. The summed E-state index contributed by atoms with van der Waals surface area (Å²) in [6, 6.07) is 44.7. The van der Waals surface area contributed by atoms with Crippen LogP contribution in [0.4, 0.5) is 19.0 Å². The summed E-state index contributed by atoms with van der Waals surface area (Å²) in [5.74, 6) is 4.45. The smallest absolute Gasteiger partial charge is 0.433 e. The lowest BCUT2D eigenvalue weighted by Crippen LogP contribution is -2.29. The highest BCUT2D eigenvalue weighted by Gasteiger charge is 2.33. The van der Waals surface area contributed by atoms with Crippen molar-refractivity contribution in [3.8, 4) is 34.3 Å². The number of para-hydroxylation sites is 1. The van der Waals surface area contributed by atoms with Crippen molar-refractivity contribution in [2.75, 3.05) is 39.8 Å². The quantitative estimate of drug-likeness (QED) is 0.0217. The van der Waals surface area contributed by atoms with Gasteiger partial charge in [0.1, 0.15) is 61.3 Å². The average Bonchev–Trinajstić information content (AvgIpc) is 1.62. The molecule has 16 rings (SSSR count). The second-order valence-electron chi connectivity index (χ2n) is 28.9. The Balaban J connectivity index is 0.000000151. The number of anilines is 1. The number of rotatable bonds is 26. The number of carbonyl (C=O) groups is 6. The first kappa shape index (κ1) is 97.8. The Morgan fingerprint density at radius 2 is 0.938 bits per heavy atom. The number of nitrogens with one attached hydrogen (secondary N) is 5. The van der Waals surface area contributed by atoms with Crippen LogP contribution in [0.5, 0.6) is 0 Å². The number of benzene rings is 3. The minimum atomic E-state index is -4.47. The Hall–Kier alpha value is -12.8. The van der Waals surface area contributed by atoms with Crippen molar-refractivity contribution in [2.24, 2.45) is 36.0 Å². The van der Waals surface area contributed by atoms with Gasteiger partial charge in [0.25, 0.3) is 20.0 Å². The number of hydrogen-bond acceptors (Lipinski definition) is 33. The van der Waals surface area contributed by atoms with E-state index in [9.17, 15) is 58.8 Å². The second kappa shape index (κ2) is 45.5. The molecule has 10 aromatic heterocycles. The maximum Gasteiger partial charge on any atom is 0.433 e. The van der Waals surface area contributed by atoms with Gasteiger partial charge < -0.3 is 15.4 Å². The minimum absolute atomic E-state index is 0.0162. The van der Waals surface area contributed by atoms with Crippen LogP contribution in [0, 0.1) is 5.41 Å². The van der Waals surface area contributed by atoms with E-state index in [4.69, 9.17) is 5.11 Å². The molecule has 0 aliphatic carbocycles. The van der Waals surface area contributed by atoms with Crippen LogP contribution < -0.4 is 5.32 Å². The van der Waals surface area contributed by atoms with Crippen LogP contribution >= 0.6 is 70.6 Å². The first-order valence-electron chi connectivity index (χ1n) is 38.9. The van der Waals surface area contributed by atoms with E-state index in [2.05, 4.69) is 113 Å². The summed E-state index contributed by atoms with van der Waals surface area (Å²) >= 11 is 7.84. The van der Waals surface area contributed by atoms with Gasteiger partial charge in [-0.2, -0.15) is 33.5 Å². The van der Waals surface area contributed by atoms with Gasteiger partial charge in [-0.25, -0.2) is 49.7 Å². The molecule has 0 fully saturated rings. The highest BCUT2D eigenvalue weighted by molar-refractivity contribution is 8.15. The van der Waals surface area contributed by atoms with Crippen molar-refractivity contribution < 1.29 is 63.9 Å². The number of aliphatic hydroxyl groups excluding tert-OH is 1. The third-order valence-corrected chi connectivity index (χ3v) is 26.9. The number of aromatic amines is 4. The van der Waals surface area contributed by atoms with Crippen molar-refractivity contribution in [1.82, 2.24) is 78.4 Å². The Morgan fingerprint density at radius 3 is 1.45 bits per heavy atom. The Bertz CT molecular complexity index is 6570. The fourth-order valence-electron chi connectivity index (χ4n) is 11.1. The number of thioether (sulfide) groups is 6. The molecular formula is C85H82F3N23O11S8. The van der Waals surface area contributed by atoms with Crippen LogP contribution in [0.1, 0.15) is 97.3 Å². The summed E-state index contributed by atoms with van der Waals surface area (Å²) in [6.45, 7) is 16.5. The molecule has 3 aromatic carbocycles. The number of fused-ring (bicyclic) bond motifs is 2. The monoisotopic (exact) mass is 1910 g/mol. The van der Waals surface area contributed by atoms with Gasteiger partial charge in [-0.15, -0.1) is 65.9 Å². The largest absolute Gasteiger partial charge is 0.512 e. The fourth-order valence-corrected chi connectivity index (χ4v) is 17.7. The number of amides is 1. The summed E-state index contributed by atoms with van der Waals surface area (Å²) in [6.07, 6.45) is 6.23. The van der Waals surface area contributed by atoms with Gasteiger partial charge in [-0.3, -0.25) is 49.0 Å². The number of ketones is 5. The van der Waals surface area contributed by atoms with Crippen LogP contribution in [-0.4, -0.2) is 202 Å². The topological polar surface area (TPSA) is 479 Å². The molecule has 0 bridgehead atoms. The van der Waals surface area contributed by atoms with Gasteiger partial charge in [0, 0.05) is 94.8 Å². The number of Topliss-reactive ketones (excluding diaryl/α,β-unsaturated/α-hetero) is 5. The maximum atomic E-state index is 12.8. The zero-order valence-corrected chi connectivity index (χ0v) is 77.1. The number of hydrogen-bond donors (Lipinski definition) is 6. The predicted octanol–water partition coefficient (Wildman–Crippen LogP) is 15.8. The molecule has 13 heterocycles. The van der Waals surface area contributed by atoms with E-state index in [0.717, 1.165) is 62.2 Å². The summed E-state index contributed by atoms with van der Waals surface area (Å²) in [5.41, 5.74) is 5.93. The van der Waals surface area contributed by atoms with E-state index in [1.165, 1.54) is 113 Å². The van der Waals surface area contributed by atoms with Crippen molar-refractivity contribution in [3.05, 3.63) is 230 Å². The molecule has 34 nitrogen and oxygen atoms in total. The van der Waals surface area contributed by atoms with Gasteiger partial charge in [0.15, 0.2) is 23.1 Å². The van der Waals surface area contributed by atoms with E-state index >= 15 is 0 Å². The normalized spacial score (nSPS) is 12.9. The Morgan fingerprint density at radius 1 is 0.477 bits per heavy atom. The molecule has 13 aromatic rings. The molecule has 0 spiro atoms. The van der Waals surface area contributed by atoms with Crippen molar-refractivity contribution in [2.45, 2.75) is 106 Å². The second-order valence-corrected chi connectivity index (χ2v) is 38.5. The fraction of sp³-hybridized carbons (Fsp3) is 0.224. The Labute approximate surface area is 768 Å². The molecule has 3 aliphatic heterocycles. The molecule has 0 atom stereocenters. The first-order valence-corrected chi connectivity index (χ1v) is 47.7. The van der Waals surface area contributed by atoms with Crippen LogP contribution in [-0.2, 0) is 55.0 Å². The molecular weight excluding hydrogens is 1830 g/mol. The molecule has 0 radical (unpaired) electrons. The standard InChI is InChI=1S/C16H20N4O2S.2C16H15N3O3S2.C13H11N5OS.C13H12N4OS.C11H9F3N4OS/c1-10(21)9-23-13-8-12(19-20-13)11-6-5-7-17-14(11)18-15(22)16(2,3)4;2*1-12(20)11-23-16-10-14(17-18-16)15-8-5-9-19(15)24(21,22)13-6-3-2-4-7-13;1-8(19)7-20-13-16-12(17-18-13)10-5-4-9-3-2-6-14-11(9)15-10;1-8(18)7-19-13-15-12(16-17-13)10-6-14-11-5-3-2-4-9(10)11;1-6(19)5-20-10-16-9(17-18-10)7-2-3-8(15-4-7)11(12,13)14/h5-7H,8-9H2,1-4H3,(H,17,18,22);2*2-9H,10-11H2,1H3;2-6H,7H2,1H3,(H,16,17,18);2-6,14,18H,1,7H2,(H,15,16,17);2-4H,5H2,1H3,(H,16,17,18). The number of aliphatic hydroxyl groups is 1. The van der Waals surface area contributed by atoms with Gasteiger partial charge in [0.05, 0.1) is 78.6 Å². The lowest BCUT2D eigenvalue weighted by molar-refractivity contribution is -0.141. The number of aromatic nitrogens is 16. The maximum absolute atomic E-state index is 12.8. The molecule has 0 unspecified atom stereocenters. The van der Waals surface area contributed by atoms with Crippen molar-refractivity contribution in [1.29, 1.82) is 0 Å². The molecule has 672 valence electrons. The first-order chi connectivity index (χ1) is 62.0. The third kappa shape index (κ3) is 27.9. The van der Waals surface area contributed by atoms with Crippen molar-refractivity contribution >= 4 is 185 Å². The zero-order chi connectivity index (χ0) is 93.3. The van der Waals surface area contributed by atoms with Crippen LogP contribution in [0.25, 0.3) is 56.2 Å². The van der Waals surface area contributed by atoms with Gasteiger partial charge in [-0.1, -0.05) is 117 Å². The average molecular weight is 1920 g/mol. The predicted molar refractivity (Wildman–Crippen MR) is 503 cm³/mol. The number of carbonyl (C=O) groups excluding carboxylic acids is 6. The van der Waals surface area contributed by atoms with Gasteiger partial charge in [-0.05, 0) is 138 Å². The van der Waals surface area contributed by atoms with E-state index in [1.54, 1.807) is 110 Å². The molecule has 6 N–H and O–H groups in total. The number of alkyl halides is 3. The molecule has 1 amide bonds. The number of halogens is 3. The van der Waals surface area contributed by atoms with E-state index in [-0.39, 0.29) is 56.1 Å². The molecule has 0 saturated carbocycles. The minimum Gasteiger partial charge on any atom is -0.512 e. The van der Waals surface area contributed by atoms with E-state index < -0.39 is 37.3 Å². The van der Waals surface area contributed by atoms with E-state index in [1.807, 2.05) is 81.6 Å². The highest BCUT2D eigenvalue weighted by Crippen LogP contribution is 2.33. The summed E-state index contributed by atoms with van der Waals surface area (Å²) in [5, 5.41) is 62.6. The van der Waals surface area contributed by atoms with Crippen molar-refractivity contribution in [3.63, 3.8) is 0 Å². The number of pyridine rings is 4. The lowest BCUT2D eigenvalue weighted by Gasteiger charge is -2.18. The number of nitrogens with zero attached hydrogens (tertiary/aromatic N) is 18. The van der Waals surface area contributed by atoms with Gasteiger partial charge in [0.2, 0.25) is 21.4 Å². The molecule has 45 heteroatoms. The zero-order valence-electron chi connectivity index (χ0n) is 70.5. The Kier molecular flexibility index (Phi) is 34.2. The number of H-pyrrole nitrogens is 4. The highest BCUT2D eigenvalue weighted by atomic mass is 32.2. The van der Waals surface area contributed by atoms with Crippen LogP contribution in [0.3, 0.4) is 0 Å². The molecule has 0 saturated heterocycles. The van der Waals surface area contributed by atoms with Crippen LogP contribution in [0.15, 0.2) is 263 Å². The molecule has 130 heavy (non-hydrogen) atoms. The summed E-state index contributed by atoms with van der Waals surface area (Å²) in [7, 11) is -7.37. The SMILES string of the molecule is C=C(O)CSc1n[nH]c(-c2c[nH]c3ccccc23)n1.CC(=O)CSC1=NN=C(c2cccn2S(=O)(=O)c2ccccc2)C1.CC(=O)CSC1=NN=C(c2cccn2S(=O)(=O)c2ccccc2)C1.CC(=O)CSC1=NN=C(c2cccnc2NC(=O)C(C)(C)C)C1.CC(=O)CSc1n[nH]c(-c2ccc(C(F)(F)F)nc2)n1.CC(=O)CSc1n[nH]c(-c2ccc3cccnc3n2)n1. The summed E-state index contributed by atoms with van der Waals surface area (Å²) < 4.78 is 90.7.